The summed E-state index contributed by atoms with van der Waals surface area (Å²) < 4.78 is 10.0. The first-order valence-electron chi connectivity index (χ1n) is 5.64. The van der Waals surface area contributed by atoms with Crippen molar-refractivity contribution in [2.75, 3.05) is 6.61 Å². The van der Waals surface area contributed by atoms with E-state index in [9.17, 15) is 9.59 Å². The molecule has 0 radical (unpaired) electrons. The predicted molar refractivity (Wildman–Crippen MR) is 60.0 cm³/mol. The molecule has 0 aromatic heterocycles. The number of hydrogen-bond donors (Lipinski definition) is 0. The molecule has 0 aliphatic carbocycles. The van der Waals surface area contributed by atoms with Gasteiger partial charge in [0.15, 0.2) is 5.92 Å². The molecular weight excluding hydrogens is 220 g/mol. The largest absolute Gasteiger partial charge is 0.465 e. The Hall–Kier alpha value is -1.84. The van der Waals surface area contributed by atoms with Gasteiger partial charge in [-0.3, -0.25) is 9.59 Å². The van der Waals surface area contributed by atoms with Gasteiger partial charge in [0, 0.05) is 6.42 Å². The molecule has 2 atom stereocenters. The van der Waals surface area contributed by atoms with E-state index in [1.165, 1.54) is 0 Å². The topological polar surface area (TPSA) is 52.6 Å². The van der Waals surface area contributed by atoms with E-state index in [1.807, 2.05) is 30.3 Å². The van der Waals surface area contributed by atoms with Crippen LogP contribution in [0.25, 0.3) is 0 Å². The Morgan fingerprint density at radius 2 is 2.12 bits per heavy atom. The normalized spacial score (nSPS) is 23.2. The summed E-state index contributed by atoms with van der Waals surface area (Å²) in [6.45, 7) is 1.99. The number of benzene rings is 1. The third kappa shape index (κ3) is 2.46. The molecule has 1 heterocycles. The molecule has 1 aromatic rings. The Labute approximate surface area is 99.5 Å². The number of esters is 2. The number of hydrogen-bond acceptors (Lipinski definition) is 4. The molecule has 1 saturated heterocycles. The fourth-order valence-corrected chi connectivity index (χ4v) is 1.89. The van der Waals surface area contributed by atoms with E-state index in [1.54, 1.807) is 6.92 Å². The summed E-state index contributed by atoms with van der Waals surface area (Å²) in [5.41, 5.74) is 0.910. The second kappa shape index (κ2) is 4.99. The average molecular weight is 234 g/mol. The minimum atomic E-state index is -0.778. The number of ether oxygens (including phenoxy) is 2. The van der Waals surface area contributed by atoms with Gasteiger partial charge >= 0.3 is 11.9 Å². The number of carbonyl (C=O) groups is 2. The van der Waals surface area contributed by atoms with Crippen molar-refractivity contribution in [3.05, 3.63) is 35.9 Å². The minimum Gasteiger partial charge on any atom is -0.465 e. The Bertz CT molecular complexity index is 413. The zero-order valence-electron chi connectivity index (χ0n) is 9.59. The van der Waals surface area contributed by atoms with Gasteiger partial charge < -0.3 is 9.47 Å². The molecule has 4 nitrogen and oxygen atoms in total. The lowest BCUT2D eigenvalue weighted by atomic mass is 10.0. The van der Waals surface area contributed by atoms with E-state index in [0.29, 0.717) is 6.42 Å². The molecule has 2 unspecified atom stereocenters. The molecule has 17 heavy (non-hydrogen) atoms. The highest BCUT2D eigenvalue weighted by Crippen LogP contribution is 2.33. The molecule has 1 aromatic carbocycles. The Morgan fingerprint density at radius 1 is 1.41 bits per heavy atom. The van der Waals surface area contributed by atoms with Gasteiger partial charge in [-0.2, -0.15) is 0 Å². The van der Waals surface area contributed by atoms with E-state index in [0.717, 1.165) is 5.56 Å². The zero-order chi connectivity index (χ0) is 12.3. The SMILES string of the molecule is CCOC(=O)C1CC(c2ccccc2)OC1=O. The summed E-state index contributed by atoms with van der Waals surface area (Å²) >= 11 is 0. The van der Waals surface area contributed by atoms with Crippen LogP contribution in [0.2, 0.25) is 0 Å². The highest BCUT2D eigenvalue weighted by Gasteiger charge is 2.41. The fourth-order valence-electron chi connectivity index (χ4n) is 1.89. The molecule has 90 valence electrons. The van der Waals surface area contributed by atoms with Crippen molar-refractivity contribution in [3.8, 4) is 0 Å². The van der Waals surface area contributed by atoms with E-state index in [4.69, 9.17) is 9.47 Å². The van der Waals surface area contributed by atoms with Crippen molar-refractivity contribution in [3.63, 3.8) is 0 Å². The molecule has 4 heteroatoms. The second-order valence-electron chi connectivity index (χ2n) is 3.88. The van der Waals surface area contributed by atoms with Gasteiger partial charge in [-0.1, -0.05) is 30.3 Å². The lowest BCUT2D eigenvalue weighted by Gasteiger charge is -2.08. The molecule has 2 rings (SSSR count). The minimum absolute atomic E-state index is 0.276. The molecule has 0 bridgehead atoms. The predicted octanol–water partition coefficient (Wildman–Crippen LogP) is 1.85. The maximum Gasteiger partial charge on any atom is 0.321 e. The van der Waals surface area contributed by atoms with E-state index >= 15 is 0 Å². The van der Waals surface area contributed by atoms with Crippen molar-refractivity contribution < 1.29 is 19.1 Å². The molecule has 0 N–H and O–H groups in total. The van der Waals surface area contributed by atoms with E-state index in [-0.39, 0.29) is 12.7 Å². The fraction of sp³-hybridized carbons (Fsp3) is 0.385. The summed E-state index contributed by atoms with van der Waals surface area (Å²) in [4.78, 5) is 23.1. The van der Waals surface area contributed by atoms with Gasteiger partial charge in [0.25, 0.3) is 0 Å². The average Bonchev–Trinajstić information content (AvgIpc) is 2.73. The molecular formula is C13H14O4. The third-order valence-corrected chi connectivity index (χ3v) is 2.74. The molecule has 0 spiro atoms. The van der Waals surface area contributed by atoms with Crippen molar-refractivity contribution in [1.29, 1.82) is 0 Å². The van der Waals surface area contributed by atoms with Crippen LogP contribution in [0, 0.1) is 5.92 Å². The van der Waals surface area contributed by atoms with Crippen molar-refractivity contribution in [1.82, 2.24) is 0 Å². The Kier molecular flexibility index (Phi) is 3.42. The van der Waals surface area contributed by atoms with Gasteiger partial charge in [-0.05, 0) is 12.5 Å². The van der Waals surface area contributed by atoms with Crippen LogP contribution in [0.5, 0.6) is 0 Å². The van der Waals surface area contributed by atoms with Crippen molar-refractivity contribution in [2.24, 2.45) is 5.92 Å². The van der Waals surface area contributed by atoms with Gasteiger partial charge in [0.05, 0.1) is 6.61 Å². The first kappa shape index (κ1) is 11.6. The van der Waals surface area contributed by atoms with Crippen LogP contribution >= 0.6 is 0 Å². The van der Waals surface area contributed by atoms with Crippen LogP contribution < -0.4 is 0 Å². The molecule has 0 saturated carbocycles. The number of carbonyl (C=O) groups excluding carboxylic acids is 2. The first-order valence-corrected chi connectivity index (χ1v) is 5.64. The van der Waals surface area contributed by atoms with Gasteiger partial charge in [-0.15, -0.1) is 0 Å². The van der Waals surface area contributed by atoms with Gasteiger partial charge in [0.1, 0.15) is 6.10 Å². The van der Waals surface area contributed by atoms with Crippen LogP contribution in [-0.4, -0.2) is 18.5 Å². The van der Waals surface area contributed by atoms with E-state index < -0.39 is 17.9 Å². The lowest BCUT2D eigenvalue weighted by molar-refractivity contribution is -0.156. The zero-order valence-corrected chi connectivity index (χ0v) is 9.59. The first-order chi connectivity index (χ1) is 8.22. The van der Waals surface area contributed by atoms with Gasteiger partial charge in [-0.25, -0.2) is 0 Å². The van der Waals surface area contributed by atoms with Crippen molar-refractivity contribution in [2.45, 2.75) is 19.4 Å². The van der Waals surface area contributed by atoms with Crippen molar-refractivity contribution >= 4 is 11.9 Å². The van der Waals surface area contributed by atoms with E-state index in [2.05, 4.69) is 0 Å². The van der Waals surface area contributed by atoms with Crippen LogP contribution in [0.3, 0.4) is 0 Å². The highest BCUT2D eigenvalue weighted by molar-refractivity contribution is 5.96. The quantitative estimate of drug-likeness (QED) is 0.591. The highest BCUT2D eigenvalue weighted by atomic mass is 16.6. The summed E-state index contributed by atoms with van der Waals surface area (Å²) in [5.74, 6) is -1.76. The molecule has 1 fully saturated rings. The smallest absolute Gasteiger partial charge is 0.321 e. The summed E-state index contributed by atoms with van der Waals surface area (Å²) in [6.07, 6.45) is 0.0277. The third-order valence-electron chi connectivity index (χ3n) is 2.74. The summed E-state index contributed by atoms with van der Waals surface area (Å²) in [5, 5.41) is 0. The Morgan fingerprint density at radius 3 is 2.76 bits per heavy atom. The standard InChI is InChI=1S/C13H14O4/c1-2-16-12(14)10-8-11(17-13(10)15)9-6-4-3-5-7-9/h3-7,10-11H,2,8H2,1H3. The molecule has 0 amide bonds. The summed E-state index contributed by atoms with van der Waals surface area (Å²) in [6, 6.07) is 9.40. The maximum absolute atomic E-state index is 11.6. The van der Waals surface area contributed by atoms with Gasteiger partial charge in [0.2, 0.25) is 0 Å². The van der Waals surface area contributed by atoms with Crippen LogP contribution in [0.1, 0.15) is 25.0 Å². The number of cyclic esters (lactones) is 1. The van der Waals surface area contributed by atoms with Crippen LogP contribution in [0.4, 0.5) is 0 Å². The Balaban J connectivity index is 2.07. The molecule has 1 aliphatic heterocycles. The van der Waals surface area contributed by atoms with Crippen LogP contribution in [-0.2, 0) is 19.1 Å². The maximum atomic E-state index is 11.6. The summed E-state index contributed by atoms with van der Waals surface area (Å²) in [7, 11) is 0. The monoisotopic (exact) mass is 234 g/mol. The van der Waals surface area contributed by atoms with Crippen LogP contribution in [0.15, 0.2) is 30.3 Å². The number of rotatable bonds is 3. The second-order valence-corrected chi connectivity index (χ2v) is 3.88. The molecule has 1 aliphatic rings. The lowest BCUT2D eigenvalue weighted by Crippen LogP contribution is -2.21.